The van der Waals surface area contributed by atoms with E-state index in [9.17, 15) is 18.4 Å². The molecule has 0 saturated heterocycles. The molecule has 1 aliphatic rings. The van der Waals surface area contributed by atoms with Gasteiger partial charge in [0.2, 0.25) is 0 Å². The molecule has 1 N–H and O–H groups in total. The van der Waals surface area contributed by atoms with E-state index in [1.165, 1.54) is 24.3 Å². The van der Waals surface area contributed by atoms with Crippen molar-refractivity contribution in [3.05, 3.63) is 24.3 Å². The number of hydrogen-bond acceptors (Lipinski definition) is 4. The Morgan fingerprint density at radius 1 is 1.38 bits per heavy atom. The molecular weight excluding hydrogens is 300 g/mol. The van der Waals surface area contributed by atoms with Crippen molar-refractivity contribution in [2.75, 3.05) is 11.9 Å². The summed E-state index contributed by atoms with van der Waals surface area (Å²) < 4.78 is 29.2. The Morgan fingerprint density at radius 3 is 2.52 bits per heavy atom. The number of thioether (sulfide) groups is 1. The second-order valence-electron chi connectivity index (χ2n) is 4.88. The molecule has 4 nitrogen and oxygen atoms in total. The molecule has 2 rings (SSSR count). The fourth-order valence-electron chi connectivity index (χ4n) is 1.81. The summed E-state index contributed by atoms with van der Waals surface area (Å²) in [5.41, 5.74) is 0.467. The summed E-state index contributed by atoms with van der Waals surface area (Å²) in [6.45, 7) is 1.61. The van der Waals surface area contributed by atoms with Gasteiger partial charge in [-0.05, 0) is 36.6 Å². The van der Waals surface area contributed by atoms with Crippen LogP contribution in [0.5, 0.6) is 0 Å². The lowest BCUT2D eigenvalue weighted by Gasteiger charge is -2.07. The fraction of sp³-hybridized carbons (Fsp3) is 0.429. The number of carbonyl (C=O) groups is 2. The fourth-order valence-corrected chi connectivity index (χ4v) is 2.31. The maximum Gasteiger partial charge on any atom is 0.309 e. The van der Waals surface area contributed by atoms with E-state index in [-0.39, 0.29) is 18.5 Å². The number of rotatable bonds is 6. The Kier molecular flexibility index (Phi) is 5.17. The molecule has 114 valence electrons. The molecule has 2 atom stereocenters. The molecule has 0 aromatic heterocycles. The highest BCUT2D eigenvalue weighted by molar-refractivity contribution is 7.99. The number of anilines is 1. The van der Waals surface area contributed by atoms with Crippen LogP contribution < -0.4 is 5.32 Å². The van der Waals surface area contributed by atoms with Crippen LogP contribution in [-0.2, 0) is 14.3 Å². The Balaban J connectivity index is 1.75. The van der Waals surface area contributed by atoms with E-state index in [0.29, 0.717) is 28.3 Å². The molecule has 0 radical (unpaired) electrons. The number of halogens is 2. The molecule has 1 amide bonds. The first-order valence-corrected chi connectivity index (χ1v) is 7.35. The Morgan fingerprint density at radius 2 is 2.00 bits per heavy atom. The van der Waals surface area contributed by atoms with Crippen molar-refractivity contribution in [2.45, 2.75) is 24.0 Å². The topological polar surface area (TPSA) is 55.4 Å². The zero-order chi connectivity index (χ0) is 15.4. The number of carbonyl (C=O) groups excluding carboxylic acids is 2. The van der Waals surface area contributed by atoms with Gasteiger partial charge in [0.15, 0.2) is 6.61 Å². The van der Waals surface area contributed by atoms with E-state index in [1.54, 1.807) is 0 Å². The summed E-state index contributed by atoms with van der Waals surface area (Å²) in [5.74, 6) is -3.02. The van der Waals surface area contributed by atoms with Crippen LogP contribution >= 0.6 is 11.8 Å². The van der Waals surface area contributed by atoms with E-state index < -0.39 is 11.7 Å². The number of amides is 1. The molecule has 0 bridgehead atoms. The quantitative estimate of drug-likeness (QED) is 0.647. The van der Waals surface area contributed by atoms with E-state index in [0.717, 1.165) is 6.42 Å². The van der Waals surface area contributed by atoms with Crippen LogP contribution in [0.1, 0.15) is 13.3 Å². The first-order valence-electron chi connectivity index (χ1n) is 6.47. The Labute approximate surface area is 125 Å². The summed E-state index contributed by atoms with van der Waals surface area (Å²) in [5, 5.41) is 2.54. The summed E-state index contributed by atoms with van der Waals surface area (Å²) in [7, 11) is 0. The summed E-state index contributed by atoms with van der Waals surface area (Å²) >= 11 is 0.435. The molecule has 21 heavy (non-hydrogen) atoms. The van der Waals surface area contributed by atoms with Gasteiger partial charge in [-0.2, -0.15) is 8.78 Å². The van der Waals surface area contributed by atoms with Gasteiger partial charge in [0, 0.05) is 10.6 Å². The molecule has 1 aliphatic carbocycles. The lowest BCUT2D eigenvalue weighted by molar-refractivity contribution is -0.148. The Bertz CT molecular complexity index is 521. The lowest BCUT2D eigenvalue weighted by atomic mass is 10.3. The van der Waals surface area contributed by atoms with Crippen LogP contribution in [0, 0.1) is 11.8 Å². The van der Waals surface area contributed by atoms with Crippen LogP contribution in [-0.4, -0.2) is 24.2 Å². The number of ether oxygens (including phenoxy) is 1. The largest absolute Gasteiger partial charge is 0.455 e. The monoisotopic (exact) mass is 315 g/mol. The van der Waals surface area contributed by atoms with Crippen molar-refractivity contribution >= 4 is 29.3 Å². The smallest absolute Gasteiger partial charge is 0.309 e. The third-order valence-corrected chi connectivity index (χ3v) is 3.84. The van der Waals surface area contributed by atoms with Crippen molar-refractivity contribution in [1.29, 1.82) is 0 Å². The summed E-state index contributed by atoms with van der Waals surface area (Å²) in [6.07, 6.45) is 0.809. The maximum absolute atomic E-state index is 12.1. The van der Waals surface area contributed by atoms with Crippen LogP contribution in [0.3, 0.4) is 0 Å². The van der Waals surface area contributed by atoms with Crippen molar-refractivity contribution in [3.8, 4) is 0 Å². The van der Waals surface area contributed by atoms with Gasteiger partial charge in [0.25, 0.3) is 11.7 Å². The normalized spacial score (nSPS) is 20.2. The zero-order valence-corrected chi connectivity index (χ0v) is 12.2. The predicted molar refractivity (Wildman–Crippen MR) is 75.2 cm³/mol. The van der Waals surface area contributed by atoms with E-state index >= 15 is 0 Å². The van der Waals surface area contributed by atoms with Gasteiger partial charge >= 0.3 is 5.97 Å². The second-order valence-corrected chi connectivity index (χ2v) is 5.94. The highest BCUT2D eigenvalue weighted by Crippen LogP contribution is 2.38. The second kappa shape index (κ2) is 6.89. The van der Waals surface area contributed by atoms with Crippen LogP contribution in [0.4, 0.5) is 14.5 Å². The molecule has 0 heterocycles. The zero-order valence-electron chi connectivity index (χ0n) is 11.3. The highest BCUT2D eigenvalue weighted by atomic mass is 32.2. The van der Waals surface area contributed by atoms with Gasteiger partial charge in [-0.1, -0.05) is 18.7 Å². The van der Waals surface area contributed by atoms with Crippen LogP contribution in [0.15, 0.2) is 29.2 Å². The minimum Gasteiger partial charge on any atom is -0.455 e. The first-order chi connectivity index (χ1) is 9.95. The van der Waals surface area contributed by atoms with Gasteiger partial charge in [0.05, 0.1) is 5.92 Å². The molecule has 1 saturated carbocycles. The first kappa shape index (κ1) is 15.8. The standard InChI is InChI=1S/C14H15F2NO3S/c1-8-6-11(8)13(19)20-7-12(18)17-9-2-4-10(5-3-9)21-14(15)16/h2-5,8,11,14H,6-7H2,1H3,(H,17,18)/t8-,11-/m1/s1. The highest BCUT2D eigenvalue weighted by Gasteiger charge is 2.40. The van der Waals surface area contributed by atoms with E-state index in [1.807, 2.05) is 6.92 Å². The van der Waals surface area contributed by atoms with Crippen molar-refractivity contribution in [3.63, 3.8) is 0 Å². The van der Waals surface area contributed by atoms with E-state index in [2.05, 4.69) is 5.32 Å². The van der Waals surface area contributed by atoms with Crippen molar-refractivity contribution in [2.24, 2.45) is 11.8 Å². The summed E-state index contributed by atoms with van der Waals surface area (Å²) in [4.78, 5) is 23.4. The average molecular weight is 315 g/mol. The van der Waals surface area contributed by atoms with Gasteiger partial charge < -0.3 is 10.1 Å². The number of nitrogens with one attached hydrogen (secondary N) is 1. The maximum atomic E-state index is 12.1. The van der Waals surface area contributed by atoms with Crippen molar-refractivity contribution in [1.82, 2.24) is 0 Å². The summed E-state index contributed by atoms with van der Waals surface area (Å²) in [6, 6.07) is 6.02. The molecule has 1 fully saturated rings. The number of esters is 1. The van der Waals surface area contributed by atoms with Gasteiger partial charge in [-0.25, -0.2) is 0 Å². The minimum atomic E-state index is -2.48. The third-order valence-electron chi connectivity index (χ3n) is 3.12. The number of alkyl halides is 2. The average Bonchev–Trinajstić information content (AvgIpc) is 3.15. The molecule has 1 aromatic rings. The molecule has 7 heteroatoms. The van der Waals surface area contributed by atoms with Crippen LogP contribution in [0.2, 0.25) is 0 Å². The number of benzene rings is 1. The molecule has 0 unspecified atom stereocenters. The number of hydrogen-bond donors (Lipinski definition) is 1. The molecule has 0 spiro atoms. The van der Waals surface area contributed by atoms with Crippen molar-refractivity contribution < 1.29 is 23.1 Å². The van der Waals surface area contributed by atoms with Crippen LogP contribution in [0.25, 0.3) is 0 Å². The van der Waals surface area contributed by atoms with E-state index in [4.69, 9.17) is 4.74 Å². The lowest BCUT2D eigenvalue weighted by Crippen LogP contribution is -2.21. The predicted octanol–water partition coefficient (Wildman–Crippen LogP) is 3.14. The Hall–Kier alpha value is -1.63. The van der Waals surface area contributed by atoms with Gasteiger partial charge in [-0.15, -0.1) is 0 Å². The SMILES string of the molecule is C[C@@H]1C[C@H]1C(=O)OCC(=O)Nc1ccc(SC(F)F)cc1. The molecule has 0 aliphatic heterocycles. The van der Waals surface area contributed by atoms with Gasteiger partial charge in [-0.3, -0.25) is 9.59 Å². The minimum absolute atomic E-state index is 0.0801. The molecule has 1 aromatic carbocycles. The van der Waals surface area contributed by atoms with Gasteiger partial charge in [0.1, 0.15) is 0 Å². The molecular formula is C14H15F2NO3S. The third kappa shape index (κ3) is 5.00.